The summed E-state index contributed by atoms with van der Waals surface area (Å²) < 4.78 is 18.8. The minimum atomic E-state index is -0.668. The second-order valence-corrected chi connectivity index (χ2v) is 3.84. The number of ether oxygens (including phenoxy) is 1. The maximum atomic E-state index is 13.4. The first kappa shape index (κ1) is 14.4. The van der Waals surface area contributed by atoms with Crippen molar-refractivity contribution in [1.82, 2.24) is 10.6 Å². The number of para-hydroxylation sites is 1. The van der Waals surface area contributed by atoms with E-state index in [1.807, 2.05) is 6.92 Å². The lowest BCUT2D eigenvalue weighted by atomic mass is 10.2. The molecule has 0 bridgehead atoms. The molecule has 0 aliphatic heterocycles. The van der Waals surface area contributed by atoms with E-state index in [4.69, 9.17) is 4.74 Å². The monoisotopic (exact) mass is 254 g/mol. The topological polar surface area (TPSA) is 50.4 Å². The van der Waals surface area contributed by atoms with Gasteiger partial charge in [0.25, 0.3) is 5.91 Å². The number of carbonyl (C=O) groups excluding carboxylic acids is 1. The number of hydrogen-bond donors (Lipinski definition) is 2. The quantitative estimate of drug-likeness (QED) is 0.721. The van der Waals surface area contributed by atoms with Crippen molar-refractivity contribution in [2.24, 2.45) is 0 Å². The van der Waals surface area contributed by atoms with Crippen LogP contribution in [0.1, 0.15) is 13.3 Å². The molecular formula is C13H19FN2O2. The fourth-order valence-electron chi connectivity index (χ4n) is 1.44. The van der Waals surface area contributed by atoms with Crippen LogP contribution in [0.3, 0.4) is 0 Å². The van der Waals surface area contributed by atoms with Crippen LogP contribution in [0.15, 0.2) is 24.3 Å². The summed E-state index contributed by atoms with van der Waals surface area (Å²) in [6.45, 7) is 3.03. The van der Waals surface area contributed by atoms with Crippen LogP contribution < -0.4 is 15.4 Å². The number of benzene rings is 1. The molecule has 1 atom stereocenters. The molecule has 0 radical (unpaired) electrons. The molecule has 4 nitrogen and oxygen atoms in total. The van der Waals surface area contributed by atoms with Gasteiger partial charge in [-0.05, 0) is 25.6 Å². The molecule has 5 heteroatoms. The van der Waals surface area contributed by atoms with E-state index in [2.05, 4.69) is 10.6 Å². The predicted molar refractivity (Wildman–Crippen MR) is 68.0 cm³/mol. The van der Waals surface area contributed by atoms with Crippen molar-refractivity contribution in [3.63, 3.8) is 0 Å². The smallest absolute Gasteiger partial charge is 0.261 e. The Hall–Kier alpha value is -1.62. The second-order valence-electron chi connectivity index (χ2n) is 3.84. The highest BCUT2D eigenvalue weighted by atomic mass is 19.1. The lowest BCUT2D eigenvalue weighted by molar-refractivity contribution is -0.128. The highest BCUT2D eigenvalue weighted by Gasteiger charge is 2.18. The number of amides is 1. The normalized spacial score (nSPS) is 11.9. The highest BCUT2D eigenvalue weighted by Crippen LogP contribution is 2.17. The molecule has 0 heterocycles. The van der Waals surface area contributed by atoms with Crippen LogP contribution in [0.4, 0.5) is 4.39 Å². The number of nitrogens with one attached hydrogen (secondary N) is 2. The molecule has 0 aliphatic carbocycles. The fourth-order valence-corrected chi connectivity index (χ4v) is 1.44. The third kappa shape index (κ3) is 4.33. The number of likely N-dealkylation sites (N-methyl/N-ethyl adjacent to an activating group) is 1. The van der Waals surface area contributed by atoms with Crippen LogP contribution in [0, 0.1) is 5.82 Å². The maximum absolute atomic E-state index is 13.4. The Labute approximate surface area is 107 Å². The number of hydrogen-bond acceptors (Lipinski definition) is 3. The van der Waals surface area contributed by atoms with E-state index in [-0.39, 0.29) is 11.7 Å². The van der Waals surface area contributed by atoms with Gasteiger partial charge in [0.15, 0.2) is 17.7 Å². The van der Waals surface area contributed by atoms with E-state index in [0.29, 0.717) is 19.5 Å². The zero-order valence-electron chi connectivity index (χ0n) is 10.7. The predicted octanol–water partition coefficient (Wildman–Crippen LogP) is 1.32. The second kappa shape index (κ2) is 7.66. The molecular weight excluding hydrogens is 235 g/mol. The summed E-state index contributed by atoms with van der Waals surface area (Å²) in [6, 6.07) is 6.07. The first-order valence-corrected chi connectivity index (χ1v) is 6.02. The Bertz CT molecular complexity index is 385. The highest BCUT2D eigenvalue weighted by molar-refractivity contribution is 5.81. The van der Waals surface area contributed by atoms with Gasteiger partial charge in [-0.3, -0.25) is 4.79 Å². The molecule has 0 aromatic heterocycles. The number of halogens is 1. The van der Waals surface area contributed by atoms with Gasteiger partial charge in [0.2, 0.25) is 0 Å². The van der Waals surface area contributed by atoms with E-state index >= 15 is 0 Å². The molecule has 100 valence electrons. The molecule has 0 saturated carbocycles. The van der Waals surface area contributed by atoms with Crippen molar-refractivity contribution in [2.45, 2.75) is 19.4 Å². The minimum absolute atomic E-state index is 0.105. The van der Waals surface area contributed by atoms with Gasteiger partial charge in [0.05, 0.1) is 0 Å². The van der Waals surface area contributed by atoms with Crippen LogP contribution in [-0.2, 0) is 4.79 Å². The fraction of sp³-hybridized carbons (Fsp3) is 0.462. The third-order valence-electron chi connectivity index (χ3n) is 2.44. The van der Waals surface area contributed by atoms with Crippen LogP contribution in [0.25, 0.3) is 0 Å². The summed E-state index contributed by atoms with van der Waals surface area (Å²) in [5, 5.41) is 5.65. The maximum Gasteiger partial charge on any atom is 0.261 e. The van der Waals surface area contributed by atoms with Gasteiger partial charge in [-0.2, -0.15) is 0 Å². The standard InChI is InChI=1S/C13H19FN2O2/c1-3-11(13(17)16-9-8-15-2)18-12-7-5-4-6-10(12)14/h4-7,11,15H,3,8-9H2,1-2H3,(H,16,17). The zero-order chi connectivity index (χ0) is 13.4. The lowest BCUT2D eigenvalue weighted by Gasteiger charge is -2.17. The number of rotatable bonds is 7. The number of carbonyl (C=O) groups is 1. The van der Waals surface area contributed by atoms with Crippen LogP contribution in [0.5, 0.6) is 5.75 Å². The summed E-state index contributed by atoms with van der Waals surface area (Å²) in [6.07, 6.45) is -0.182. The summed E-state index contributed by atoms with van der Waals surface area (Å²) in [7, 11) is 1.80. The molecule has 1 amide bonds. The van der Waals surface area contributed by atoms with Crippen molar-refractivity contribution < 1.29 is 13.9 Å². The van der Waals surface area contributed by atoms with Crippen molar-refractivity contribution in [1.29, 1.82) is 0 Å². The zero-order valence-corrected chi connectivity index (χ0v) is 10.7. The average molecular weight is 254 g/mol. The summed E-state index contributed by atoms with van der Waals surface area (Å²) >= 11 is 0. The van der Waals surface area contributed by atoms with Gasteiger partial charge >= 0.3 is 0 Å². The van der Waals surface area contributed by atoms with Crippen LogP contribution >= 0.6 is 0 Å². The molecule has 1 unspecified atom stereocenters. The van der Waals surface area contributed by atoms with E-state index in [1.54, 1.807) is 19.2 Å². The van der Waals surface area contributed by atoms with Gasteiger partial charge in [-0.25, -0.2) is 4.39 Å². The Kier molecular flexibility index (Phi) is 6.14. The molecule has 0 fully saturated rings. The van der Waals surface area contributed by atoms with Crippen molar-refractivity contribution in [3.05, 3.63) is 30.1 Å². The van der Waals surface area contributed by atoms with Crippen LogP contribution in [-0.4, -0.2) is 32.1 Å². The van der Waals surface area contributed by atoms with E-state index < -0.39 is 11.9 Å². The average Bonchev–Trinajstić information content (AvgIpc) is 2.38. The Balaban J connectivity index is 2.56. The van der Waals surface area contributed by atoms with Crippen molar-refractivity contribution >= 4 is 5.91 Å². The molecule has 0 saturated heterocycles. The van der Waals surface area contributed by atoms with E-state index in [9.17, 15) is 9.18 Å². The molecule has 1 rings (SSSR count). The Morgan fingerprint density at radius 1 is 1.39 bits per heavy atom. The van der Waals surface area contributed by atoms with Gasteiger partial charge < -0.3 is 15.4 Å². The third-order valence-corrected chi connectivity index (χ3v) is 2.44. The first-order chi connectivity index (χ1) is 8.69. The van der Waals surface area contributed by atoms with Gasteiger partial charge in [0.1, 0.15) is 0 Å². The Morgan fingerprint density at radius 3 is 2.72 bits per heavy atom. The minimum Gasteiger partial charge on any atom is -0.478 e. The SMILES string of the molecule is CCC(Oc1ccccc1F)C(=O)NCCNC. The molecule has 0 aliphatic rings. The summed E-state index contributed by atoms with van der Waals surface area (Å²) in [5.74, 6) is -0.580. The van der Waals surface area contributed by atoms with Crippen LogP contribution in [0.2, 0.25) is 0 Å². The molecule has 18 heavy (non-hydrogen) atoms. The van der Waals surface area contributed by atoms with E-state index in [1.165, 1.54) is 12.1 Å². The summed E-state index contributed by atoms with van der Waals surface area (Å²) in [4.78, 5) is 11.8. The van der Waals surface area contributed by atoms with Gasteiger partial charge in [-0.15, -0.1) is 0 Å². The largest absolute Gasteiger partial charge is 0.478 e. The molecule has 2 N–H and O–H groups in total. The van der Waals surface area contributed by atoms with E-state index in [0.717, 1.165) is 0 Å². The van der Waals surface area contributed by atoms with Crippen molar-refractivity contribution in [3.8, 4) is 5.75 Å². The van der Waals surface area contributed by atoms with Gasteiger partial charge in [0, 0.05) is 13.1 Å². The summed E-state index contributed by atoms with van der Waals surface area (Å²) in [5.41, 5.74) is 0. The lowest BCUT2D eigenvalue weighted by Crippen LogP contribution is -2.40. The molecule has 1 aromatic carbocycles. The Morgan fingerprint density at radius 2 is 2.11 bits per heavy atom. The molecule has 0 spiro atoms. The van der Waals surface area contributed by atoms with Crippen molar-refractivity contribution in [2.75, 3.05) is 20.1 Å². The first-order valence-electron chi connectivity index (χ1n) is 6.02. The van der Waals surface area contributed by atoms with Gasteiger partial charge in [-0.1, -0.05) is 19.1 Å². The molecule has 1 aromatic rings.